The van der Waals surface area contributed by atoms with E-state index >= 15 is 0 Å². The fraction of sp³-hybridized carbons (Fsp3) is 0.556. The second-order valence-corrected chi connectivity index (χ2v) is 4.14. The van der Waals surface area contributed by atoms with Crippen molar-refractivity contribution in [3.05, 3.63) is 21.0 Å². The molecule has 0 aromatic carbocycles. The molecule has 0 saturated heterocycles. The minimum Gasteiger partial charge on any atom is -0.496 e. The van der Waals surface area contributed by atoms with Crippen LogP contribution in [0.5, 0.6) is 0 Å². The fourth-order valence-corrected chi connectivity index (χ4v) is 1.90. The normalized spacial score (nSPS) is 24.0. The Morgan fingerprint density at radius 2 is 2.42 bits per heavy atom. The summed E-state index contributed by atoms with van der Waals surface area (Å²) in [5, 5.41) is 8.96. The van der Waals surface area contributed by atoms with Crippen molar-refractivity contribution in [3.8, 4) is 0 Å². The smallest absolute Gasteiger partial charge is 0.128 e. The third-order valence-corrected chi connectivity index (χ3v) is 3.59. The van der Waals surface area contributed by atoms with Crippen molar-refractivity contribution >= 4 is 22.6 Å². The zero-order valence-electron chi connectivity index (χ0n) is 7.30. The summed E-state index contributed by atoms with van der Waals surface area (Å²) in [5.74, 6) is 1.38. The lowest BCUT2D eigenvalue weighted by Gasteiger charge is -2.20. The Hall–Kier alpha value is -0.0300. The molecule has 68 valence electrons. The molecular weight excluding hydrogens is 267 g/mol. The lowest BCUT2D eigenvalue weighted by Crippen LogP contribution is -2.08. The molecule has 1 atom stereocenters. The minimum absolute atomic E-state index is 0.140. The van der Waals surface area contributed by atoms with Crippen LogP contribution >= 0.6 is 22.6 Å². The number of rotatable bonds is 2. The zero-order valence-corrected chi connectivity index (χ0v) is 9.46. The van der Waals surface area contributed by atoms with Gasteiger partial charge in [0.2, 0.25) is 0 Å². The van der Waals surface area contributed by atoms with Crippen molar-refractivity contribution in [3.63, 3.8) is 0 Å². The van der Waals surface area contributed by atoms with Crippen LogP contribution in [0.15, 0.2) is 21.0 Å². The van der Waals surface area contributed by atoms with Crippen LogP contribution in [0.4, 0.5) is 0 Å². The number of aliphatic hydroxyl groups is 1. The second kappa shape index (κ2) is 4.28. The molecule has 12 heavy (non-hydrogen) atoms. The van der Waals surface area contributed by atoms with E-state index in [1.54, 1.807) is 7.11 Å². The number of allylic oxidation sites excluding steroid dienone is 2. The number of halogens is 1. The van der Waals surface area contributed by atoms with E-state index in [0.29, 0.717) is 5.92 Å². The molecule has 0 fully saturated rings. The second-order valence-electron chi connectivity index (χ2n) is 2.98. The Kier molecular flexibility index (Phi) is 3.58. The average molecular weight is 280 g/mol. The Balaban J connectivity index is 2.90. The summed E-state index contributed by atoms with van der Waals surface area (Å²) in [7, 11) is 1.66. The van der Waals surface area contributed by atoms with Gasteiger partial charge in [0.25, 0.3) is 0 Å². The molecule has 3 heteroatoms. The maximum Gasteiger partial charge on any atom is 0.128 e. The molecule has 1 aliphatic rings. The van der Waals surface area contributed by atoms with Gasteiger partial charge in [0.05, 0.1) is 13.7 Å². The van der Waals surface area contributed by atoms with Gasteiger partial charge in [0.15, 0.2) is 0 Å². The largest absolute Gasteiger partial charge is 0.496 e. The standard InChI is InChI=1S/C9H13IO2/c1-6-3-7(5-11)4-8(12-2)9(6)10/h4,6,11H,3,5H2,1-2H3. The van der Waals surface area contributed by atoms with Crippen LogP contribution in [0, 0.1) is 5.92 Å². The van der Waals surface area contributed by atoms with E-state index in [9.17, 15) is 0 Å². The van der Waals surface area contributed by atoms with Crippen LogP contribution in [0.1, 0.15) is 13.3 Å². The first kappa shape index (κ1) is 10.1. The van der Waals surface area contributed by atoms with Gasteiger partial charge in [-0.3, -0.25) is 0 Å². The molecular formula is C9H13IO2. The van der Waals surface area contributed by atoms with Crippen molar-refractivity contribution in [2.75, 3.05) is 13.7 Å². The van der Waals surface area contributed by atoms with Crippen LogP contribution in [-0.2, 0) is 4.74 Å². The highest BCUT2D eigenvalue weighted by molar-refractivity contribution is 14.1. The van der Waals surface area contributed by atoms with Crippen molar-refractivity contribution in [2.45, 2.75) is 13.3 Å². The maximum absolute atomic E-state index is 8.96. The van der Waals surface area contributed by atoms with Gasteiger partial charge in [-0.2, -0.15) is 0 Å². The number of hydrogen-bond acceptors (Lipinski definition) is 2. The fourth-order valence-electron chi connectivity index (χ4n) is 1.31. The van der Waals surface area contributed by atoms with Gasteiger partial charge in [-0.15, -0.1) is 0 Å². The monoisotopic (exact) mass is 280 g/mol. The van der Waals surface area contributed by atoms with Gasteiger partial charge in [-0.1, -0.05) is 6.92 Å². The number of ether oxygens (including phenoxy) is 1. The van der Waals surface area contributed by atoms with E-state index in [1.165, 1.54) is 3.58 Å². The third-order valence-electron chi connectivity index (χ3n) is 1.99. The minimum atomic E-state index is 0.140. The average Bonchev–Trinajstić information content (AvgIpc) is 2.09. The quantitative estimate of drug-likeness (QED) is 0.786. The van der Waals surface area contributed by atoms with Gasteiger partial charge in [0.1, 0.15) is 5.76 Å². The highest BCUT2D eigenvalue weighted by atomic mass is 127. The number of aliphatic hydroxyl groups excluding tert-OH is 1. The summed E-state index contributed by atoms with van der Waals surface area (Å²) in [5.41, 5.74) is 1.06. The summed E-state index contributed by atoms with van der Waals surface area (Å²) in [6.45, 7) is 2.28. The van der Waals surface area contributed by atoms with Gasteiger partial charge < -0.3 is 9.84 Å². The maximum atomic E-state index is 8.96. The number of hydrogen-bond donors (Lipinski definition) is 1. The first-order valence-electron chi connectivity index (χ1n) is 3.93. The van der Waals surface area contributed by atoms with Crippen LogP contribution in [0.3, 0.4) is 0 Å². The van der Waals surface area contributed by atoms with Crippen molar-refractivity contribution in [2.24, 2.45) is 5.92 Å². The van der Waals surface area contributed by atoms with Gasteiger partial charge >= 0.3 is 0 Å². The van der Waals surface area contributed by atoms with Crippen molar-refractivity contribution in [1.82, 2.24) is 0 Å². The molecule has 1 aliphatic carbocycles. The highest BCUT2D eigenvalue weighted by Gasteiger charge is 2.18. The topological polar surface area (TPSA) is 29.5 Å². The lowest BCUT2D eigenvalue weighted by molar-refractivity contribution is 0.288. The molecule has 0 amide bonds. The SMILES string of the molecule is COC1=C(I)C(C)CC(CO)=C1. The summed E-state index contributed by atoms with van der Waals surface area (Å²) in [6, 6.07) is 0. The van der Waals surface area contributed by atoms with E-state index in [4.69, 9.17) is 9.84 Å². The van der Waals surface area contributed by atoms with Gasteiger partial charge in [-0.05, 0) is 46.6 Å². The molecule has 0 aromatic heterocycles. The summed E-state index contributed by atoms with van der Waals surface area (Å²) in [4.78, 5) is 0. The first-order valence-corrected chi connectivity index (χ1v) is 5.01. The molecule has 0 radical (unpaired) electrons. The molecule has 0 bridgehead atoms. The lowest BCUT2D eigenvalue weighted by atomic mass is 9.95. The van der Waals surface area contributed by atoms with Crippen molar-refractivity contribution < 1.29 is 9.84 Å². The van der Waals surface area contributed by atoms with E-state index in [0.717, 1.165) is 17.8 Å². The van der Waals surface area contributed by atoms with Gasteiger partial charge in [-0.25, -0.2) is 0 Å². The Morgan fingerprint density at radius 1 is 1.75 bits per heavy atom. The van der Waals surface area contributed by atoms with Crippen molar-refractivity contribution in [1.29, 1.82) is 0 Å². The molecule has 0 saturated carbocycles. The highest BCUT2D eigenvalue weighted by Crippen LogP contribution is 2.33. The summed E-state index contributed by atoms with van der Waals surface area (Å²) < 4.78 is 6.43. The molecule has 1 rings (SSSR count). The molecule has 0 heterocycles. The Bertz CT molecular complexity index is 231. The van der Waals surface area contributed by atoms with Gasteiger partial charge in [0, 0.05) is 3.58 Å². The van der Waals surface area contributed by atoms with E-state index in [1.807, 2.05) is 6.08 Å². The predicted octanol–water partition coefficient (Wildman–Crippen LogP) is 2.24. The van der Waals surface area contributed by atoms with Crippen LogP contribution in [-0.4, -0.2) is 18.8 Å². The van der Waals surface area contributed by atoms with E-state index in [-0.39, 0.29) is 6.61 Å². The predicted molar refractivity (Wildman–Crippen MR) is 57.0 cm³/mol. The van der Waals surface area contributed by atoms with Crippen LogP contribution in [0.2, 0.25) is 0 Å². The van der Waals surface area contributed by atoms with Crippen LogP contribution in [0.25, 0.3) is 0 Å². The summed E-state index contributed by atoms with van der Waals surface area (Å²) in [6.07, 6.45) is 2.88. The molecule has 0 aliphatic heterocycles. The molecule has 1 N–H and O–H groups in total. The van der Waals surface area contributed by atoms with E-state index < -0.39 is 0 Å². The Labute approximate surface area is 86.4 Å². The number of methoxy groups -OCH3 is 1. The summed E-state index contributed by atoms with van der Waals surface area (Å²) >= 11 is 2.30. The zero-order chi connectivity index (χ0) is 9.14. The Morgan fingerprint density at radius 3 is 2.92 bits per heavy atom. The third kappa shape index (κ3) is 2.01. The molecule has 0 aromatic rings. The molecule has 1 unspecified atom stereocenters. The molecule has 2 nitrogen and oxygen atoms in total. The molecule has 0 spiro atoms. The van der Waals surface area contributed by atoms with Crippen LogP contribution < -0.4 is 0 Å². The van der Waals surface area contributed by atoms with E-state index in [2.05, 4.69) is 29.5 Å². The first-order chi connectivity index (χ1) is 5.69.